The number of carbonyl (C=O) groups is 4. The Morgan fingerprint density at radius 1 is 1.02 bits per heavy atom. The maximum atomic E-state index is 14.1. The van der Waals surface area contributed by atoms with Gasteiger partial charge in [-0.05, 0) is 88.5 Å². The fraction of sp³-hybridized carbons (Fsp3) is 0.800. The number of methoxy groups -OCH3 is 2. The van der Waals surface area contributed by atoms with E-state index in [4.69, 9.17) is 18.9 Å². The van der Waals surface area contributed by atoms with Crippen molar-refractivity contribution in [1.29, 1.82) is 0 Å². The molecule has 2 saturated heterocycles. The van der Waals surface area contributed by atoms with Gasteiger partial charge in [0.15, 0.2) is 0 Å². The third-order valence-electron chi connectivity index (χ3n) is 11.9. The van der Waals surface area contributed by atoms with Crippen LogP contribution in [-0.2, 0) is 38.1 Å². The minimum absolute atomic E-state index is 0.0615. The van der Waals surface area contributed by atoms with Crippen molar-refractivity contribution in [1.82, 2.24) is 4.90 Å². The van der Waals surface area contributed by atoms with Crippen LogP contribution in [0.4, 0.5) is 0 Å². The fourth-order valence-corrected chi connectivity index (χ4v) is 8.39. The van der Waals surface area contributed by atoms with Crippen LogP contribution in [0, 0.1) is 35.5 Å². The molecule has 3 aliphatic heterocycles. The Balaban J connectivity index is 1.75. The molecule has 2 unspecified atom stereocenters. The summed E-state index contributed by atoms with van der Waals surface area (Å²) in [5.41, 5.74) is 1.80. The van der Waals surface area contributed by atoms with Crippen LogP contribution in [0.15, 0.2) is 23.3 Å². The highest BCUT2D eigenvalue weighted by Gasteiger charge is 2.56. The molecule has 11 nitrogen and oxygen atoms in total. The normalized spacial score (nSPS) is 42.3. The molecule has 2 N–H and O–H groups in total. The van der Waals surface area contributed by atoms with Gasteiger partial charge in [-0.25, -0.2) is 4.79 Å². The summed E-state index contributed by atoms with van der Waals surface area (Å²) in [6.07, 6.45) is 4.54. The molecule has 0 aromatic heterocycles. The van der Waals surface area contributed by atoms with Crippen LogP contribution in [0.2, 0.25) is 0 Å². The molecule has 0 aromatic carbocycles. The van der Waals surface area contributed by atoms with Crippen molar-refractivity contribution >= 4 is 23.4 Å². The molecule has 1 amide bonds. The second-order valence-electron chi connectivity index (χ2n) is 16.1. The quantitative estimate of drug-likeness (QED) is 0.227. The molecule has 13 atom stereocenters. The van der Waals surface area contributed by atoms with Gasteiger partial charge in [-0.3, -0.25) is 14.4 Å². The lowest BCUT2D eigenvalue weighted by Gasteiger charge is -2.47. The van der Waals surface area contributed by atoms with E-state index in [1.165, 1.54) is 4.90 Å². The number of amides is 1. The lowest BCUT2D eigenvalue weighted by molar-refractivity contribution is -0.302. The predicted octanol–water partition coefficient (Wildman–Crippen LogP) is 4.95. The Hall–Kier alpha value is -2.44. The first-order valence-electron chi connectivity index (χ1n) is 19.1. The van der Waals surface area contributed by atoms with E-state index in [0.717, 1.165) is 17.6 Å². The minimum Gasteiger partial charge on any atom is -0.456 e. The summed E-state index contributed by atoms with van der Waals surface area (Å²) in [5.74, 6) is -6.27. The number of allylic oxidation sites excluding steroid dienone is 3. The Kier molecular flexibility index (Phi) is 14.3. The highest BCUT2D eigenvalue weighted by Crippen LogP contribution is 2.41. The number of fused-ring (bicyclic) bond motifs is 3. The van der Waals surface area contributed by atoms with Crippen LogP contribution < -0.4 is 0 Å². The summed E-state index contributed by atoms with van der Waals surface area (Å²) in [7, 11) is 3.08. The summed E-state index contributed by atoms with van der Waals surface area (Å²) in [6.45, 7) is 13.6. The first-order chi connectivity index (χ1) is 24.1. The van der Waals surface area contributed by atoms with Crippen LogP contribution in [0.1, 0.15) is 106 Å². The smallest absolute Gasteiger partial charge is 0.329 e. The third-order valence-corrected chi connectivity index (χ3v) is 11.9. The number of nitrogens with zero attached hydrogens (tertiary/aromatic N) is 1. The second-order valence-corrected chi connectivity index (χ2v) is 16.1. The SMILES string of the molecule is CC[C@@H]1/C=C(\C)C[C@H](C)C[C@H](OC)[C@H]2O[C@@](O)(C(=O)C(=O)N3CCCC[C@H]3C(=O)O[C@H](/C(C)=C/C3CC3C)[C@H](C)[C@@H](O)CC1=O)[C@H](C)C[C@@H]2OC. The standard InChI is InChI=1S/C40H63NO10/c1-10-28-16-22(2)15-23(3)17-33(48-8)36-34(49-9)20-26(6)40(47,51-36)37(44)38(45)41-14-12-11-13-30(41)39(46)50-35(25(5)19-29-18-24(29)4)27(7)31(42)21-32(28)43/h16,19,23-24,26-31,33-36,42,47H,10-15,17-18,20-21H2,1-9H3/b22-16+,25-19+/t23-,24?,26+,27+,28+,29?,30-,31-,33-,34-,35+,36+,40+/m0/s1. The van der Waals surface area contributed by atoms with Crippen LogP contribution in [0.25, 0.3) is 0 Å². The van der Waals surface area contributed by atoms with Crippen LogP contribution in [0.5, 0.6) is 0 Å². The number of ketones is 2. The van der Waals surface area contributed by atoms with Gasteiger partial charge in [-0.2, -0.15) is 0 Å². The van der Waals surface area contributed by atoms with E-state index in [1.807, 2.05) is 26.8 Å². The summed E-state index contributed by atoms with van der Waals surface area (Å²) in [5, 5.41) is 23.4. The number of ether oxygens (including phenoxy) is 4. The third kappa shape index (κ3) is 9.57. The van der Waals surface area contributed by atoms with Gasteiger partial charge in [-0.1, -0.05) is 52.3 Å². The molecular weight excluding hydrogens is 654 g/mol. The highest BCUT2D eigenvalue weighted by molar-refractivity contribution is 6.39. The summed E-state index contributed by atoms with van der Waals surface area (Å²) in [4.78, 5) is 57.1. The number of hydrogen-bond donors (Lipinski definition) is 2. The molecule has 0 radical (unpaired) electrons. The van der Waals surface area contributed by atoms with Crippen molar-refractivity contribution in [3.63, 3.8) is 0 Å². The Morgan fingerprint density at radius 2 is 1.67 bits per heavy atom. The van der Waals surface area contributed by atoms with E-state index in [-0.39, 0.29) is 43.4 Å². The Labute approximate surface area is 304 Å². The zero-order valence-corrected chi connectivity index (χ0v) is 32.3. The van der Waals surface area contributed by atoms with Gasteiger partial charge in [0.05, 0.1) is 18.3 Å². The molecule has 1 saturated carbocycles. The average Bonchev–Trinajstić information content (AvgIpc) is 3.80. The van der Waals surface area contributed by atoms with Crippen molar-refractivity contribution < 1.29 is 48.3 Å². The maximum Gasteiger partial charge on any atom is 0.329 e. The van der Waals surface area contributed by atoms with E-state index in [1.54, 1.807) is 28.1 Å². The van der Waals surface area contributed by atoms with Gasteiger partial charge in [0.25, 0.3) is 11.7 Å². The van der Waals surface area contributed by atoms with Gasteiger partial charge in [0.2, 0.25) is 5.79 Å². The van der Waals surface area contributed by atoms with Crippen LogP contribution in [-0.4, -0.2) is 102 Å². The number of aliphatic hydroxyl groups is 2. The number of aliphatic hydroxyl groups excluding tert-OH is 1. The van der Waals surface area contributed by atoms with Gasteiger partial charge in [-0.15, -0.1) is 0 Å². The molecule has 3 heterocycles. The second kappa shape index (κ2) is 17.6. The number of hydrogen-bond acceptors (Lipinski definition) is 10. The molecule has 51 heavy (non-hydrogen) atoms. The Bertz CT molecular complexity index is 1330. The summed E-state index contributed by atoms with van der Waals surface area (Å²) in [6, 6.07) is -1.07. The minimum atomic E-state index is -2.46. The van der Waals surface area contributed by atoms with E-state index in [9.17, 15) is 29.4 Å². The topological polar surface area (TPSA) is 149 Å². The molecule has 288 valence electrons. The largest absolute Gasteiger partial charge is 0.456 e. The van der Waals surface area contributed by atoms with Gasteiger partial charge in [0, 0.05) is 44.9 Å². The lowest BCUT2D eigenvalue weighted by Crippen LogP contribution is -2.64. The number of esters is 1. The van der Waals surface area contributed by atoms with E-state index in [0.29, 0.717) is 43.9 Å². The zero-order chi connectivity index (χ0) is 37.8. The number of piperidine rings is 1. The van der Waals surface area contributed by atoms with E-state index < -0.39 is 71.8 Å². The number of rotatable bonds is 5. The first-order valence-corrected chi connectivity index (χ1v) is 19.1. The van der Waals surface area contributed by atoms with Crippen molar-refractivity contribution in [3.8, 4) is 0 Å². The lowest BCUT2D eigenvalue weighted by atomic mass is 9.82. The average molecular weight is 718 g/mol. The molecule has 4 rings (SSSR count). The van der Waals surface area contributed by atoms with Crippen molar-refractivity contribution in [2.24, 2.45) is 35.5 Å². The number of Topliss-reactive ketones (excluding diaryl/α,β-unsaturated/α-hetero) is 2. The van der Waals surface area contributed by atoms with Crippen molar-refractivity contribution in [2.45, 2.75) is 149 Å². The summed E-state index contributed by atoms with van der Waals surface area (Å²) < 4.78 is 24.1. The zero-order valence-electron chi connectivity index (χ0n) is 32.3. The molecule has 4 aliphatic rings. The molecular formula is C40H63NO10. The highest BCUT2D eigenvalue weighted by atomic mass is 16.7. The first kappa shape index (κ1) is 41.3. The number of carbonyl (C=O) groups excluding carboxylic acids is 4. The molecule has 2 bridgehead atoms. The van der Waals surface area contributed by atoms with Crippen LogP contribution >= 0.6 is 0 Å². The molecule has 0 spiro atoms. The monoisotopic (exact) mass is 717 g/mol. The Morgan fingerprint density at radius 3 is 2.27 bits per heavy atom. The molecule has 1 aliphatic carbocycles. The fourth-order valence-electron chi connectivity index (χ4n) is 8.39. The van der Waals surface area contributed by atoms with Crippen LogP contribution in [0.3, 0.4) is 0 Å². The maximum absolute atomic E-state index is 14.1. The predicted molar refractivity (Wildman–Crippen MR) is 191 cm³/mol. The van der Waals surface area contributed by atoms with Gasteiger partial charge in [0.1, 0.15) is 24.0 Å². The summed E-state index contributed by atoms with van der Waals surface area (Å²) >= 11 is 0. The molecule has 3 fully saturated rings. The molecule has 0 aromatic rings. The van der Waals surface area contributed by atoms with Crippen molar-refractivity contribution in [2.75, 3.05) is 20.8 Å². The van der Waals surface area contributed by atoms with Gasteiger partial charge >= 0.3 is 5.97 Å². The van der Waals surface area contributed by atoms with E-state index in [2.05, 4.69) is 19.9 Å². The van der Waals surface area contributed by atoms with Crippen molar-refractivity contribution in [3.05, 3.63) is 23.3 Å². The number of cyclic esters (lactones) is 1. The molecule has 11 heteroatoms. The van der Waals surface area contributed by atoms with Gasteiger partial charge < -0.3 is 34.1 Å². The van der Waals surface area contributed by atoms with E-state index >= 15 is 0 Å².